The Morgan fingerprint density at radius 3 is 2.67 bits per heavy atom. The highest BCUT2D eigenvalue weighted by Gasteiger charge is 2.32. The maximum Gasteiger partial charge on any atom is 0.573 e. The highest BCUT2D eigenvalue weighted by Crippen LogP contribution is 2.32. The number of ether oxygens (including phenoxy) is 2. The predicted molar refractivity (Wildman–Crippen MR) is 61.3 cm³/mol. The minimum atomic E-state index is -4.80. The largest absolute Gasteiger partial charge is 0.573 e. The molecule has 18 heavy (non-hydrogen) atoms. The van der Waals surface area contributed by atoms with E-state index in [4.69, 9.17) is 0 Å². The van der Waals surface area contributed by atoms with Crippen LogP contribution in [-0.4, -0.2) is 26.0 Å². The van der Waals surface area contributed by atoms with Crippen molar-refractivity contribution < 1.29 is 27.4 Å². The summed E-state index contributed by atoms with van der Waals surface area (Å²) in [6.07, 6.45) is -4.80. The van der Waals surface area contributed by atoms with Gasteiger partial charge in [0, 0.05) is 4.47 Å². The smallest absolute Gasteiger partial charge is 0.468 e. The number of benzene rings is 1. The maximum atomic E-state index is 12.2. The van der Waals surface area contributed by atoms with Crippen LogP contribution in [0, 0.1) is 0 Å². The zero-order valence-electron chi connectivity index (χ0n) is 9.18. The fourth-order valence-corrected chi connectivity index (χ4v) is 1.43. The first-order valence-electron chi connectivity index (χ1n) is 4.68. The van der Waals surface area contributed by atoms with E-state index in [2.05, 4.69) is 30.7 Å². The molecule has 0 radical (unpaired) electrons. The molecular weight excluding hydrogens is 319 g/mol. The van der Waals surface area contributed by atoms with Gasteiger partial charge in [-0.3, -0.25) is 4.79 Å². The van der Waals surface area contributed by atoms with Crippen molar-refractivity contribution in [2.24, 2.45) is 0 Å². The first-order chi connectivity index (χ1) is 8.31. The SMILES string of the molecule is COC(=O)CNc1ccc(Br)cc1OC(F)(F)F. The van der Waals surface area contributed by atoms with Crippen molar-refractivity contribution in [3.8, 4) is 5.75 Å². The van der Waals surface area contributed by atoms with Crippen LogP contribution in [0.5, 0.6) is 5.75 Å². The Morgan fingerprint density at radius 2 is 2.11 bits per heavy atom. The summed E-state index contributed by atoms with van der Waals surface area (Å²) in [6.45, 7) is -0.258. The topological polar surface area (TPSA) is 47.6 Å². The van der Waals surface area contributed by atoms with E-state index in [1.807, 2.05) is 0 Å². The molecule has 0 bridgehead atoms. The summed E-state index contributed by atoms with van der Waals surface area (Å²) in [5.41, 5.74) is 0.0425. The standard InChI is InChI=1S/C10H9BrF3NO3/c1-17-9(16)5-15-7-3-2-6(11)4-8(7)18-10(12,13)14/h2-4,15H,5H2,1H3. The number of hydrogen-bond acceptors (Lipinski definition) is 4. The number of esters is 1. The van der Waals surface area contributed by atoms with Crippen LogP contribution in [0.3, 0.4) is 0 Å². The van der Waals surface area contributed by atoms with Gasteiger partial charge in [0.05, 0.1) is 12.8 Å². The molecule has 0 aliphatic rings. The third-order valence-electron chi connectivity index (χ3n) is 1.82. The van der Waals surface area contributed by atoms with Gasteiger partial charge >= 0.3 is 12.3 Å². The van der Waals surface area contributed by atoms with Crippen LogP contribution in [-0.2, 0) is 9.53 Å². The Kier molecular flexibility index (Phi) is 4.83. The van der Waals surface area contributed by atoms with Crippen molar-refractivity contribution >= 4 is 27.6 Å². The Balaban J connectivity index is 2.86. The molecule has 1 N–H and O–H groups in total. The molecule has 0 unspecified atom stereocenters. The molecule has 0 amide bonds. The van der Waals surface area contributed by atoms with Gasteiger partial charge in [-0.1, -0.05) is 15.9 Å². The Hall–Kier alpha value is -1.44. The molecular formula is C10H9BrF3NO3. The number of alkyl halides is 3. The van der Waals surface area contributed by atoms with E-state index in [0.717, 1.165) is 6.07 Å². The maximum absolute atomic E-state index is 12.2. The third-order valence-corrected chi connectivity index (χ3v) is 2.31. The molecule has 0 spiro atoms. The van der Waals surface area contributed by atoms with E-state index >= 15 is 0 Å². The van der Waals surface area contributed by atoms with Crippen LogP contribution in [0.1, 0.15) is 0 Å². The number of rotatable bonds is 4. The minimum Gasteiger partial charge on any atom is -0.468 e. The highest BCUT2D eigenvalue weighted by molar-refractivity contribution is 9.10. The van der Waals surface area contributed by atoms with Crippen molar-refractivity contribution in [2.45, 2.75) is 6.36 Å². The second-order valence-corrected chi connectivity index (χ2v) is 4.03. The summed E-state index contributed by atoms with van der Waals surface area (Å²) < 4.78 is 45.1. The van der Waals surface area contributed by atoms with Gasteiger partial charge in [0.15, 0.2) is 5.75 Å². The molecule has 0 fully saturated rings. The van der Waals surface area contributed by atoms with E-state index in [0.29, 0.717) is 4.47 Å². The fraction of sp³-hybridized carbons (Fsp3) is 0.300. The zero-order chi connectivity index (χ0) is 13.8. The van der Waals surface area contributed by atoms with Gasteiger partial charge in [-0.15, -0.1) is 13.2 Å². The van der Waals surface area contributed by atoms with Crippen molar-refractivity contribution in [1.29, 1.82) is 0 Å². The first kappa shape index (κ1) is 14.6. The first-order valence-corrected chi connectivity index (χ1v) is 5.47. The molecule has 1 rings (SSSR count). The Bertz CT molecular complexity index is 437. The van der Waals surface area contributed by atoms with Gasteiger partial charge in [-0.2, -0.15) is 0 Å². The van der Waals surface area contributed by atoms with Gasteiger partial charge in [0.25, 0.3) is 0 Å². The summed E-state index contributed by atoms with van der Waals surface area (Å²) in [7, 11) is 1.18. The lowest BCUT2D eigenvalue weighted by atomic mass is 10.3. The average molecular weight is 328 g/mol. The summed E-state index contributed by atoms with van der Waals surface area (Å²) in [4.78, 5) is 10.9. The number of nitrogens with one attached hydrogen (secondary N) is 1. The van der Waals surface area contributed by atoms with Crippen molar-refractivity contribution in [3.05, 3.63) is 22.7 Å². The number of halogens is 4. The minimum absolute atomic E-state index is 0.0425. The molecule has 100 valence electrons. The van der Waals surface area contributed by atoms with E-state index < -0.39 is 18.1 Å². The zero-order valence-corrected chi connectivity index (χ0v) is 10.8. The number of methoxy groups -OCH3 is 1. The van der Waals surface area contributed by atoms with E-state index in [1.165, 1.54) is 19.2 Å². The lowest BCUT2D eigenvalue weighted by Gasteiger charge is -2.14. The molecule has 0 saturated carbocycles. The van der Waals surface area contributed by atoms with Crippen LogP contribution < -0.4 is 10.1 Å². The molecule has 0 aliphatic carbocycles. The number of carbonyl (C=O) groups excluding carboxylic acids is 1. The second kappa shape index (κ2) is 5.94. The number of anilines is 1. The Labute approximate surface area is 109 Å². The number of carbonyl (C=O) groups is 1. The van der Waals surface area contributed by atoms with Crippen LogP contribution in [0.4, 0.5) is 18.9 Å². The molecule has 1 aromatic rings. The van der Waals surface area contributed by atoms with Gasteiger partial charge in [0.1, 0.15) is 6.54 Å². The van der Waals surface area contributed by atoms with Gasteiger partial charge in [0.2, 0.25) is 0 Å². The second-order valence-electron chi connectivity index (χ2n) is 3.12. The molecule has 1 aromatic carbocycles. The van der Waals surface area contributed by atoms with E-state index in [-0.39, 0.29) is 12.2 Å². The molecule has 4 nitrogen and oxygen atoms in total. The lowest BCUT2D eigenvalue weighted by Crippen LogP contribution is -2.20. The van der Waals surface area contributed by atoms with Crippen LogP contribution >= 0.6 is 15.9 Å². The average Bonchev–Trinajstić information content (AvgIpc) is 2.25. The monoisotopic (exact) mass is 327 g/mol. The summed E-state index contributed by atoms with van der Waals surface area (Å²) >= 11 is 3.03. The molecule has 0 heterocycles. The normalized spacial score (nSPS) is 10.9. The van der Waals surface area contributed by atoms with Crippen LogP contribution in [0.15, 0.2) is 22.7 Å². The summed E-state index contributed by atoms with van der Waals surface area (Å²) in [5.74, 6) is -1.03. The summed E-state index contributed by atoms with van der Waals surface area (Å²) in [5, 5.41) is 2.49. The molecule has 8 heteroatoms. The lowest BCUT2D eigenvalue weighted by molar-refractivity contribution is -0.274. The molecule has 0 aliphatic heterocycles. The van der Waals surface area contributed by atoms with Crippen molar-refractivity contribution in [2.75, 3.05) is 19.0 Å². The van der Waals surface area contributed by atoms with E-state index in [9.17, 15) is 18.0 Å². The summed E-state index contributed by atoms with van der Waals surface area (Å²) in [6, 6.07) is 4.02. The molecule has 0 saturated heterocycles. The molecule has 0 atom stereocenters. The number of hydrogen-bond donors (Lipinski definition) is 1. The van der Waals surface area contributed by atoms with E-state index in [1.54, 1.807) is 0 Å². The fourth-order valence-electron chi connectivity index (χ4n) is 1.09. The predicted octanol–water partition coefficient (Wildman–Crippen LogP) is 2.93. The van der Waals surface area contributed by atoms with Gasteiger partial charge in [-0.25, -0.2) is 0 Å². The van der Waals surface area contributed by atoms with Gasteiger partial charge in [-0.05, 0) is 18.2 Å². The third kappa shape index (κ3) is 4.82. The Morgan fingerprint density at radius 1 is 1.44 bits per heavy atom. The quantitative estimate of drug-likeness (QED) is 0.864. The van der Waals surface area contributed by atoms with Gasteiger partial charge < -0.3 is 14.8 Å². The van der Waals surface area contributed by atoms with Crippen LogP contribution in [0.2, 0.25) is 0 Å². The molecule has 0 aromatic heterocycles. The highest BCUT2D eigenvalue weighted by atomic mass is 79.9. The van der Waals surface area contributed by atoms with Crippen molar-refractivity contribution in [3.63, 3.8) is 0 Å². The van der Waals surface area contributed by atoms with Crippen molar-refractivity contribution in [1.82, 2.24) is 0 Å². The van der Waals surface area contributed by atoms with Crippen LogP contribution in [0.25, 0.3) is 0 Å².